The highest BCUT2D eigenvalue weighted by molar-refractivity contribution is 7.86. The van der Waals surface area contributed by atoms with E-state index in [2.05, 4.69) is 5.32 Å². The van der Waals surface area contributed by atoms with Gasteiger partial charge < -0.3 is 9.50 Å². The second-order valence-corrected chi connectivity index (χ2v) is 5.97. The summed E-state index contributed by atoms with van der Waals surface area (Å²) in [6, 6.07) is 2.95. The van der Waals surface area contributed by atoms with E-state index in [9.17, 15) is 18.0 Å². The second kappa shape index (κ2) is 4.65. The number of fused-ring (bicyclic) bond motifs is 1. The van der Waals surface area contributed by atoms with Crippen LogP contribution in [0, 0.1) is 0 Å². The number of anilines is 1. The number of benzene rings is 1. The normalized spacial score (nSPS) is 14.5. The van der Waals surface area contributed by atoms with Crippen molar-refractivity contribution in [3.63, 3.8) is 0 Å². The van der Waals surface area contributed by atoms with Crippen LogP contribution < -0.4 is 9.50 Å². The minimum atomic E-state index is -3.71. The molecule has 0 aromatic heterocycles. The molecule has 0 bridgehead atoms. The van der Waals surface area contributed by atoms with E-state index in [1.807, 2.05) is 0 Å². The molecule has 0 aliphatic carbocycles. The van der Waals surface area contributed by atoms with Crippen LogP contribution in [-0.2, 0) is 21.3 Å². The van der Waals surface area contributed by atoms with Crippen molar-refractivity contribution >= 4 is 27.5 Å². The molecule has 2 rings (SSSR count). The Labute approximate surface area is 110 Å². The van der Waals surface area contributed by atoms with Gasteiger partial charge in [0.2, 0.25) is 5.91 Å². The molecule has 0 spiro atoms. The number of hydrogen-bond donors (Lipinski definition) is 1. The van der Waals surface area contributed by atoms with Gasteiger partial charge in [-0.1, -0.05) is 0 Å². The van der Waals surface area contributed by atoms with Crippen LogP contribution in [0.3, 0.4) is 0 Å². The largest absolute Gasteiger partial charge is 0.382 e. The minimum Gasteiger partial charge on any atom is -0.382 e. The molecule has 0 atom stereocenters. The number of aryl methyl sites for hydroxylation is 1. The monoisotopic (exact) mass is 283 g/mol. The molecule has 1 N–H and O–H groups in total. The van der Waals surface area contributed by atoms with Crippen LogP contribution in [0.4, 0.5) is 5.69 Å². The van der Waals surface area contributed by atoms with E-state index in [4.69, 9.17) is 4.18 Å². The van der Waals surface area contributed by atoms with Gasteiger partial charge in [0.25, 0.3) is 0 Å². The highest BCUT2D eigenvalue weighted by Gasteiger charge is 2.21. The fourth-order valence-corrected chi connectivity index (χ4v) is 2.38. The van der Waals surface area contributed by atoms with E-state index in [0.717, 1.165) is 11.8 Å². The smallest absolute Gasteiger partial charge is 0.306 e. The van der Waals surface area contributed by atoms with Gasteiger partial charge in [-0.05, 0) is 31.0 Å². The van der Waals surface area contributed by atoms with Gasteiger partial charge >= 0.3 is 10.1 Å². The molecule has 1 aromatic carbocycles. The lowest BCUT2D eigenvalue weighted by atomic mass is 9.99. The molecule has 102 valence electrons. The number of nitrogens with one attached hydrogen (secondary N) is 1. The van der Waals surface area contributed by atoms with Gasteiger partial charge in [-0.2, -0.15) is 8.42 Å². The third-order valence-electron chi connectivity index (χ3n) is 2.72. The van der Waals surface area contributed by atoms with Crippen molar-refractivity contribution in [2.75, 3.05) is 11.6 Å². The summed E-state index contributed by atoms with van der Waals surface area (Å²) in [4.78, 5) is 22.8. The fraction of sp³-hybridized carbons (Fsp3) is 0.333. The summed E-state index contributed by atoms with van der Waals surface area (Å²) in [5, 5.41) is 2.65. The van der Waals surface area contributed by atoms with Crippen molar-refractivity contribution in [3.05, 3.63) is 23.3 Å². The molecule has 1 amide bonds. The molecule has 0 saturated carbocycles. The van der Waals surface area contributed by atoms with Gasteiger partial charge in [0.1, 0.15) is 0 Å². The topological polar surface area (TPSA) is 89.5 Å². The molecular formula is C12H13NO5S. The van der Waals surface area contributed by atoms with E-state index >= 15 is 0 Å². The van der Waals surface area contributed by atoms with Crippen molar-refractivity contribution in [1.29, 1.82) is 0 Å². The molecule has 0 radical (unpaired) electrons. The lowest BCUT2D eigenvalue weighted by Gasteiger charge is -2.19. The quantitative estimate of drug-likeness (QED) is 0.663. The molecule has 7 heteroatoms. The molecule has 1 heterocycles. The zero-order valence-corrected chi connectivity index (χ0v) is 11.3. The average molecular weight is 283 g/mol. The zero-order chi connectivity index (χ0) is 14.2. The van der Waals surface area contributed by atoms with Crippen LogP contribution in [0.5, 0.6) is 5.75 Å². The van der Waals surface area contributed by atoms with Crippen LogP contribution in [0.2, 0.25) is 0 Å². The molecule has 1 aromatic rings. The summed E-state index contributed by atoms with van der Waals surface area (Å²) < 4.78 is 27.2. The Kier molecular flexibility index (Phi) is 3.32. The van der Waals surface area contributed by atoms with Gasteiger partial charge in [0.15, 0.2) is 11.5 Å². The molecule has 6 nitrogen and oxygen atoms in total. The number of carbonyl (C=O) groups excluding carboxylic acids is 2. The minimum absolute atomic E-state index is 0.00454. The van der Waals surface area contributed by atoms with Gasteiger partial charge in [-0.15, -0.1) is 0 Å². The summed E-state index contributed by atoms with van der Waals surface area (Å²) in [6.45, 7) is 1.31. The second-order valence-electron chi connectivity index (χ2n) is 4.40. The first-order valence-corrected chi connectivity index (χ1v) is 7.45. The lowest BCUT2D eigenvalue weighted by molar-refractivity contribution is -0.116. The van der Waals surface area contributed by atoms with Gasteiger partial charge in [0.05, 0.1) is 11.8 Å². The van der Waals surface area contributed by atoms with Gasteiger partial charge in [0, 0.05) is 12.1 Å². The van der Waals surface area contributed by atoms with Crippen molar-refractivity contribution in [2.45, 2.75) is 19.8 Å². The third kappa shape index (κ3) is 3.11. The summed E-state index contributed by atoms with van der Waals surface area (Å²) in [6.07, 6.45) is 1.72. The molecule has 19 heavy (non-hydrogen) atoms. The van der Waals surface area contributed by atoms with Crippen LogP contribution >= 0.6 is 0 Å². The number of amides is 1. The summed E-state index contributed by atoms with van der Waals surface area (Å²) >= 11 is 0. The molecule has 0 saturated heterocycles. The van der Waals surface area contributed by atoms with Crippen LogP contribution in [-0.4, -0.2) is 26.4 Å². The SMILES string of the molecule is CC(=O)c1cc2c(cc1OS(C)(=O)=O)CCC(=O)N2. The maximum Gasteiger partial charge on any atom is 0.306 e. The zero-order valence-electron chi connectivity index (χ0n) is 10.5. The van der Waals surface area contributed by atoms with E-state index in [1.165, 1.54) is 19.1 Å². The first kappa shape index (κ1) is 13.5. The average Bonchev–Trinajstić information content (AvgIpc) is 2.26. The predicted molar refractivity (Wildman–Crippen MR) is 68.9 cm³/mol. The number of carbonyl (C=O) groups is 2. The molecule has 1 aliphatic heterocycles. The van der Waals surface area contributed by atoms with E-state index in [1.54, 1.807) is 0 Å². The van der Waals surface area contributed by atoms with Crippen LogP contribution in [0.15, 0.2) is 12.1 Å². The summed E-state index contributed by atoms with van der Waals surface area (Å²) in [7, 11) is -3.71. The Morgan fingerprint density at radius 3 is 2.58 bits per heavy atom. The maximum absolute atomic E-state index is 11.5. The van der Waals surface area contributed by atoms with Crippen molar-refractivity contribution in [3.8, 4) is 5.75 Å². The Hall–Kier alpha value is -1.89. The Morgan fingerprint density at radius 1 is 1.32 bits per heavy atom. The number of hydrogen-bond acceptors (Lipinski definition) is 5. The predicted octanol–water partition coefficient (Wildman–Crippen LogP) is 1.11. The Balaban J connectivity index is 2.54. The van der Waals surface area contributed by atoms with Crippen LogP contribution in [0.25, 0.3) is 0 Å². The van der Waals surface area contributed by atoms with E-state index in [0.29, 0.717) is 18.5 Å². The Bertz CT molecular complexity index is 663. The van der Waals surface area contributed by atoms with E-state index < -0.39 is 10.1 Å². The van der Waals surface area contributed by atoms with Crippen LogP contribution in [0.1, 0.15) is 29.3 Å². The Morgan fingerprint density at radius 2 is 2.00 bits per heavy atom. The lowest BCUT2D eigenvalue weighted by Crippen LogP contribution is -2.20. The standard InChI is InChI=1S/C12H13NO5S/c1-7(14)9-6-10-8(3-4-12(15)13-10)5-11(9)18-19(2,16)17/h5-6H,3-4H2,1-2H3,(H,13,15). The molecule has 0 fully saturated rings. The molecule has 0 unspecified atom stereocenters. The van der Waals surface area contributed by atoms with Gasteiger partial charge in [-0.25, -0.2) is 0 Å². The highest BCUT2D eigenvalue weighted by atomic mass is 32.2. The number of rotatable bonds is 3. The van der Waals surface area contributed by atoms with Crippen molar-refractivity contribution < 1.29 is 22.2 Å². The van der Waals surface area contributed by atoms with Crippen molar-refractivity contribution in [2.24, 2.45) is 0 Å². The summed E-state index contributed by atoms with van der Waals surface area (Å²) in [5.74, 6) is -0.454. The highest BCUT2D eigenvalue weighted by Crippen LogP contribution is 2.31. The molecular weight excluding hydrogens is 270 g/mol. The third-order valence-corrected chi connectivity index (χ3v) is 3.20. The van der Waals surface area contributed by atoms with E-state index in [-0.39, 0.29) is 23.0 Å². The first-order chi connectivity index (χ1) is 8.76. The van der Waals surface area contributed by atoms with Crippen molar-refractivity contribution in [1.82, 2.24) is 0 Å². The van der Waals surface area contributed by atoms with Gasteiger partial charge in [-0.3, -0.25) is 9.59 Å². The molecule has 1 aliphatic rings. The number of Topliss-reactive ketones (excluding diaryl/α,β-unsaturated/α-hetero) is 1. The first-order valence-electron chi connectivity index (χ1n) is 5.63. The number of ketones is 1. The summed E-state index contributed by atoms with van der Waals surface area (Å²) in [5.41, 5.74) is 1.41. The maximum atomic E-state index is 11.5. The fourth-order valence-electron chi connectivity index (χ4n) is 1.91.